The zero-order valence-corrected chi connectivity index (χ0v) is 14.6. The summed E-state index contributed by atoms with van der Waals surface area (Å²) < 4.78 is 11.0. The fraction of sp³-hybridized carbons (Fsp3) is 0.130. The van der Waals surface area contributed by atoms with Crippen LogP contribution < -0.4 is 9.47 Å². The van der Waals surface area contributed by atoms with Gasteiger partial charge in [0.05, 0.1) is 0 Å². The van der Waals surface area contributed by atoms with E-state index in [0.717, 1.165) is 40.2 Å². The van der Waals surface area contributed by atoms with Crippen LogP contribution in [0.3, 0.4) is 0 Å². The molecular weight excluding hydrogens is 324 g/mol. The van der Waals surface area contributed by atoms with Gasteiger partial charge in [-0.1, -0.05) is 55.5 Å². The van der Waals surface area contributed by atoms with Gasteiger partial charge in [0, 0.05) is 0 Å². The van der Waals surface area contributed by atoms with Crippen molar-refractivity contribution < 1.29 is 14.6 Å². The highest BCUT2D eigenvalue weighted by Gasteiger charge is 2.17. The number of fused-ring (bicyclic) bond motifs is 1. The van der Waals surface area contributed by atoms with Crippen molar-refractivity contribution in [2.75, 3.05) is 6.79 Å². The highest BCUT2D eigenvalue weighted by molar-refractivity contribution is 5.98. The second kappa shape index (κ2) is 6.96. The zero-order chi connectivity index (χ0) is 17.9. The van der Waals surface area contributed by atoms with Crippen LogP contribution in [0.25, 0.3) is 11.1 Å². The summed E-state index contributed by atoms with van der Waals surface area (Å²) in [5.74, 6) is 1.84. The van der Waals surface area contributed by atoms with E-state index in [4.69, 9.17) is 9.47 Å². The second-order valence-electron chi connectivity index (χ2n) is 6.19. The van der Waals surface area contributed by atoms with Gasteiger partial charge in [-0.3, -0.25) is 0 Å². The third-order valence-electron chi connectivity index (χ3n) is 4.59. The first-order chi connectivity index (χ1) is 12.8. The zero-order valence-electron chi connectivity index (χ0n) is 14.6. The molecule has 0 bridgehead atoms. The summed E-state index contributed by atoms with van der Waals surface area (Å²) in [7, 11) is 0. The Labute approximate surface area is 153 Å². The average molecular weight is 344 g/mol. The number of ether oxygens (including phenoxy) is 2. The molecule has 0 saturated carbocycles. The van der Waals surface area contributed by atoms with Gasteiger partial charge in [-0.05, 0) is 58.5 Å². The highest BCUT2D eigenvalue weighted by atomic mass is 16.7. The van der Waals surface area contributed by atoms with Gasteiger partial charge < -0.3 is 14.6 Å². The van der Waals surface area contributed by atoms with Crippen molar-refractivity contribution in [1.29, 1.82) is 0 Å². The van der Waals surface area contributed by atoms with Crippen LogP contribution in [-0.4, -0.2) is 11.9 Å². The molecule has 1 aliphatic heterocycles. The van der Waals surface area contributed by atoms with Crippen LogP contribution in [0.5, 0.6) is 17.2 Å². The predicted molar refractivity (Wildman–Crippen MR) is 103 cm³/mol. The SMILES string of the molecule is CC/C(=C(\c1ccccc1)c1ccc(O)cc1)c1ccc2c(c1)OCO2. The lowest BCUT2D eigenvalue weighted by atomic mass is 9.88. The van der Waals surface area contributed by atoms with Crippen molar-refractivity contribution in [3.63, 3.8) is 0 Å². The van der Waals surface area contributed by atoms with Crippen LogP contribution >= 0.6 is 0 Å². The number of phenolic OH excluding ortho intramolecular Hbond substituents is 1. The lowest BCUT2D eigenvalue weighted by Gasteiger charge is -2.16. The molecule has 3 heteroatoms. The molecule has 1 aliphatic rings. The van der Waals surface area contributed by atoms with Crippen molar-refractivity contribution in [2.24, 2.45) is 0 Å². The number of benzene rings is 3. The Hall–Kier alpha value is -3.20. The van der Waals surface area contributed by atoms with Gasteiger partial charge in [0.1, 0.15) is 5.75 Å². The van der Waals surface area contributed by atoms with Gasteiger partial charge in [-0.2, -0.15) is 0 Å². The van der Waals surface area contributed by atoms with Crippen molar-refractivity contribution in [2.45, 2.75) is 13.3 Å². The van der Waals surface area contributed by atoms with Gasteiger partial charge >= 0.3 is 0 Å². The summed E-state index contributed by atoms with van der Waals surface area (Å²) in [5, 5.41) is 9.68. The summed E-state index contributed by atoms with van der Waals surface area (Å²) >= 11 is 0. The molecule has 0 fully saturated rings. The summed E-state index contributed by atoms with van der Waals surface area (Å²) in [5.41, 5.74) is 5.71. The third kappa shape index (κ3) is 3.04. The number of hydrogen-bond donors (Lipinski definition) is 1. The number of aromatic hydroxyl groups is 1. The minimum Gasteiger partial charge on any atom is -0.508 e. The molecule has 3 nitrogen and oxygen atoms in total. The normalized spacial score (nSPS) is 13.4. The molecule has 3 aromatic carbocycles. The van der Waals surface area contributed by atoms with E-state index < -0.39 is 0 Å². The number of rotatable bonds is 4. The first-order valence-electron chi connectivity index (χ1n) is 8.74. The van der Waals surface area contributed by atoms with E-state index in [1.54, 1.807) is 12.1 Å². The third-order valence-corrected chi connectivity index (χ3v) is 4.59. The fourth-order valence-electron chi connectivity index (χ4n) is 3.36. The van der Waals surface area contributed by atoms with Crippen LogP contribution in [0, 0.1) is 0 Å². The Morgan fingerprint density at radius 1 is 0.808 bits per heavy atom. The van der Waals surface area contributed by atoms with E-state index in [2.05, 4.69) is 25.1 Å². The van der Waals surface area contributed by atoms with E-state index >= 15 is 0 Å². The van der Waals surface area contributed by atoms with Crippen molar-refractivity contribution >= 4 is 11.1 Å². The van der Waals surface area contributed by atoms with Gasteiger partial charge in [-0.25, -0.2) is 0 Å². The van der Waals surface area contributed by atoms with Crippen molar-refractivity contribution in [3.8, 4) is 17.2 Å². The van der Waals surface area contributed by atoms with Crippen LogP contribution in [0.4, 0.5) is 0 Å². The number of phenols is 1. The lowest BCUT2D eigenvalue weighted by molar-refractivity contribution is 0.174. The predicted octanol–water partition coefficient (Wildman–Crippen LogP) is 5.49. The summed E-state index contributed by atoms with van der Waals surface area (Å²) in [4.78, 5) is 0. The standard InChI is InChI=1S/C23H20O3/c1-2-20(18-10-13-21-22(14-18)26-15-25-21)23(16-6-4-3-5-7-16)17-8-11-19(24)12-9-17/h3-14,24H,2,15H2,1H3/b23-20-. The minimum atomic E-state index is 0.266. The molecule has 1 N–H and O–H groups in total. The molecule has 0 spiro atoms. The van der Waals surface area contributed by atoms with E-state index in [0.29, 0.717) is 0 Å². The molecule has 0 radical (unpaired) electrons. The molecule has 0 unspecified atom stereocenters. The van der Waals surface area contributed by atoms with Crippen LogP contribution in [0.15, 0.2) is 72.8 Å². The maximum absolute atomic E-state index is 9.68. The summed E-state index contributed by atoms with van der Waals surface area (Å²) in [6.45, 7) is 2.43. The van der Waals surface area contributed by atoms with Gasteiger partial charge in [0.25, 0.3) is 0 Å². The first kappa shape index (κ1) is 16.3. The topological polar surface area (TPSA) is 38.7 Å². The quantitative estimate of drug-likeness (QED) is 0.636. The maximum atomic E-state index is 9.68. The largest absolute Gasteiger partial charge is 0.508 e. The Kier molecular flexibility index (Phi) is 4.36. The fourth-order valence-corrected chi connectivity index (χ4v) is 3.36. The first-order valence-corrected chi connectivity index (χ1v) is 8.74. The molecule has 0 atom stereocenters. The van der Waals surface area contributed by atoms with Gasteiger partial charge in [0.15, 0.2) is 11.5 Å². The molecule has 26 heavy (non-hydrogen) atoms. The number of hydrogen-bond acceptors (Lipinski definition) is 3. The van der Waals surface area contributed by atoms with Gasteiger partial charge in [0.2, 0.25) is 6.79 Å². The minimum absolute atomic E-state index is 0.266. The van der Waals surface area contributed by atoms with E-state index in [1.807, 2.05) is 42.5 Å². The van der Waals surface area contributed by atoms with Crippen LogP contribution in [0.2, 0.25) is 0 Å². The summed E-state index contributed by atoms with van der Waals surface area (Å²) in [6, 6.07) is 23.8. The Morgan fingerprint density at radius 3 is 2.19 bits per heavy atom. The molecule has 1 heterocycles. The van der Waals surface area contributed by atoms with E-state index in [1.165, 1.54) is 5.57 Å². The molecule has 0 aromatic heterocycles. The summed E-state index contributed by atoms with van der Waals surface area (Å²) in [6.07, 6.45) is 0.866. The molecule has 0 amide bonds. The molecule has 3 aromatic rings. The molecule has 130 valence electrons. The van der Waals surface area contributed by atoms with Crippen molar-refractivity contribution in [1.82, 2.24) is 0 Å². The molecule has 0 aliphatic carbocycles. The highest BCUT2D eigenvalue weighted by Crippen LogP contribution is 2.39. The van der Waals surface area contributed by atoms with Crippen molar-refractivity contribution in [3.05, 3.63) is 89.5 Å². The second-order valence-corrected chi connectivity index (χ2v) is 6.19. The van der Waals surface area contributed by atoms with Crippen LogP contribution in [-0.2, 0) is 0 Å². The molecule has 0 saturated heterocycles. The smallest absolute Gasteiger partial charge is 0.231 e. The van der Waals surface area contributed by atoms with E-state index in [-0.39, 0.29) is 12.5 Å². The monoisotopic (exact) mass is 344 g/mol. The number of allylic oxidation sites excluding steroid dienone is 1. The lowest BCUT2D eigenvalue weighted by Crippen LogP contribution is -1.95. The molecular formula is C23H20O3. The average Bonchev–Trinajstić information content (AvgIpc) is 3.15. The Morgan fingerprint density at radius 2 is 1.46 bits per heavy atom. The Balaban J connectivity index is 1.93. The molecule has 4 rings (SSSR count). The maximum Gasteiger partial charge on any atom is 0.231 e. The van der Waals surface area contributed by atoms with Crippen LogP contribution in [0.1, 0.15) is 30.0 Å². The van der Waals surface area contributed by atoms with E-state index in [9.17, 15) is 5.11 Å². The Bertz CT molecular complexity index is 941. The van der Waals surface area contributed by atoms with Gasteiger partial charge in [-0.15, -0.1) is 0 Å².